The maximum atomic E-state index is 12.9. The molecular weight excluding hydrogens is 399 g/mol. The van der Waals surface area contributed by atoms with E-state index in [1.807, 2.05) is 31.2 Å². The molecule has 4 rings (SSSR count). The number of halogens is 3. The molecule has 2 heterocycles. The number of hydrogen-bond acceptors (Lipinski definition) is 4. The summed E-state index contributed by atoms with van der Waals surface area (Å²) in [6.07, 6.45) is -2.81. The van der Waals surface area contributed by atoms with Crippen molar-refractivity contribution < 1.29 is 18.0 Å². The minimum atomic E-state index is -4.51. The predicted octanol–water partition coefficient (Wildman–Crippen LogP) is 5.94. The van der Waals surface area contributed by atoms with Crippen molar-refractivity contribution in [3.05, 3.63) is 77.5 Å². The smallest absolute Gasteiger partial charge is 0.322 e. The lowest BCUT2D eigenvalue weighted by molar-refractivity contribution is -0.137. The molecule has 0 saturated heterocycles. The molecule has 1 N–H and O–H groups in total. The third-order valence-corrected chi connectivity index (χ3v) is 5.38. The number of thiazole rings is 1. The van der Waals surface area contributed by atoms with Crippen molar-refractivity contribution in [1.82, 2.24) is 9.97 Å². The molecule has 146 valence electrons. The van der Waals surface area contributed by atoms with Crippen molar-refractivity contribution in [3.63, 3.8) is 0 Å². The van der Waals surface area contributed by atoms with E-state index < -0.39 is 17.6 Å². The fourth-order valence-corrected chi connectivity index (χ4v) is 3.72. The number of fused-ring (bicyclic) bond motifs is 1. The van der Waals surface area contributed by atoms with Crippen molar-refractivity contribution in [3.8, 4) is 10.6 Å². The number of benzene rings is 2. The van der Waals surface area contributed by atoms with Gasteiger partial charge in [0.25, 0.3) is 5.91 Å². The fraction of sp³-hybridized carbons (Fsp3) is 0.0952. The second-order valence-corrected chi connectivity index (χ2v) is 7.39. The lowest BCUT2D eigenvalue weighted by atomic mass is 10.1. The molecule has 29 heavy (non-hydrogen) atoms. The standard InChI is InChI=1S/C21H14F3N3OS/c1-12-7-8-14(19-27-16-6-3-9-25-20(16)29-19)11-17(12)26-18(28)13-4-2-5-15(10-13)21(22,23)24/h2-11H,1H3,(H,26,28). The van der Waals surface area contributed by atoms with Crippen LogP contribution in [0.4, 0.5) is 18.9 Å². The van der Waals surface area contributed by atoms with Crippen LogP contribution < -0.4 is 5.32 Å². The van der Waals surface area contributed by atoms with Gasteiger partial charge in [-0.15, -0.1) is 0 Å². The SMILES string of the molecule is Cc1ccc(-c2nc3cccnc3s2)cc1NC(=O)c1cccc(C(F)(F)F)c1. The van der Waals surface area contributed by atoms with Gasteiger partial charge in [-0.1, -0.05) is 29.5 Å². The first-order valence-corrected chi connectivity index (χ1v) is 9.44. The van der Waals surface area contributed by atoms with Crippen molar-refractivity contribution in [2.75, 3.05) is 5.32 Å². The zero-order valence-electron chi connectivity index (χ0n) is 15.1. The molecule has 0 unspecified atom stereocenters. The molecule has 0 aliphatic heterocycles. The molecule has 0 atom stereocenters. The highest BCUT2D eigenvalue weighted by molar-refractivity contribution is 7.21. The Balaban J connectivity index is 1.64. The number of pyridine rings is 1. The maximum absolute atomic E-state index is 12.9. The Labute approximate surface area is 168 Å². The molecule has 0 radical (unpaired) electrons. The fourth-order valence-electron chi connectivity index (χ4n) is 2.81. The molecule has 0 spiro atoms. The van der Waals surface area contributed by atoms with Gasteiger partial charge in [0.15, 0.2) is 0 Å². The summed E-state index contributed by atoms with van der Waals surface area (Å²) in [5, 5.41) is 3.45. The van der Waals surface area contributed by atoms with E-state index in [9.17, 15) is 18.0 Å². The summed E-state index contributed by atoms with van der Waals surface area (Å²) in [6.45, 7) is 1.81. The Hall–Kier alpha value is -3.26. The average molecular weight is 413 g/mol. The molecule has 2 aromatic heterocycles. The van der Waals surface area contributed by atoms with Crippen LogP contribution in [-0.2, 0) is 6.18 Å². The molecule has 0 aliphatic carbocycles. The predicted molar refractivity (Wildman–Crippen MR) is 107 cm³/mol. The van der Waals surface area contributed by atoms with E-state index in [4.69, 9.17) is 0 Å². The molecule has 1 amide bonds. The van der Waals surface area contributed by atoms with Gasteiger partial charge in [-0.3, -0.25) is 4.79 Å². The number of nitrogens with zero attached hydrogens (tertiary/aromatic N) is 2. The van der Waals surface area contributed by atoms with Crippen LogP contribution in [-0.4, -0.2) is 15.9 Å². The summed E-state index contributed by atoms with van der Waals surface area (Å²) >= 11 is 1.42. The first-order chi connectivity index (χ1) is 13.8. The highest BCUT2D eigenvalue weighted by Crippen LogP contribution is 2.32. The summed E-state index contributed by atoms with van der Waals surface area (Å²) in [6, 6.07) is 13.5. The minimum absolute atomic E-state index is 0.0613. The molecule has 2 aromatic carbocycles. The van der Waals surface area contributed by atoms with Gasteiger partial charge < -0.3 is 5.32 Å². The van der Waals surface area contributed by atoms with E-state index in [-0.39, 0.29) is 5.56 Å². The average Bonchev–Trinajstić information content (AvgIpc) is 3.13. The Morgan fingerprint density at radius 3 is 2.66 bits per heavy atom. The van der Waals surface area contributed by atoms with Crippen molar-refractivity contribution >= 4 is 33.3 Å². The Morgan fingerprint density at radius 1 is 1.07 bits per heavy atom. The first-order valence-electron chi connectivity index (χ1n) is 8.62. The van der Waals surface area contributed by atoms with Gasteiger partial charge >= 0.3 is 6.18 Å². The molecule has 0 bridgehead atoms. The summed E-state index contributed by atoms with van der Waals surface area (Å²) in [5.74, 6) is -0.609. The van der Waals surface area contributed by atoms with Crippen LogP contribution in [0.15, 0.2) is 60.8 Å². The number of hydrogen-bond donors (Lipinski definition) is 1. The van der Waals surface area contributed by atoms with Crippen LogP contribution in [0.5, 0.6) is 0 Å². The van der Waals surface area contributed by atoms with Crippen molar-refractivity contribution in [2.45, 2.75) is 13.1 Å². The highest BCUT2D eigenvalue weighted by Gasteiger charge is 2.30. The second-order valence-electron chi connectivity index (χ2n) is 6.41. The van der Waals surface area contributed by atoms with Crippen LogP contribution >= 0.6 is 11.3 Å². The second kappa shape index (κ2) is 7.29. The number of alkyl halides is 3. The number of rotatable bonds is 3. The number of anilines is 1. The van der Waals surface area contributed by atoms with Gasteiger partial charge in [-0.2, -0.15) is 13.2 Å². The quantitative estimate of drug-likeness (QED) is 0.452. The zero-order chi connectivity index (χ0) is 20.6. The molecule has 0 fully saturated rings. The lowest BCUT2D eigenvalue weighted by Gasteiger charge is -2.11. The first kappa shape index (κ1) is 19.1. The van der Waals surface area contributed by atoms with Gasteiger partial charge in [0, 0.05) is 23.0 Å². The molecule has 8 heteroatoms. The van der Waals surface area contributed by atoms with E-state index in [0.29, 0.717) is 5.69 Å². The number of amides is 1. The monoisotopic (exact) mass is 413 g/mol. The molecular formula is C21H14F3N3OS. The highest BCUT2D eigenvalue weighted by atomic mass is 32.1. The van der Waals surface area contributed by atoms with E-state index in [1.54, 1.807) is 12.3 Å². The largest absolute Gasteiger partial charge is 0.416 e. The number of nitrogens with one attached hydrogen (secondary N) is 1. The van der Waals surface area contributed by atoms with E-state index in [2.05, 4.69) is 15.3 Å². The number of carbonyl (C=O) groups is 1. The van der Waals surface area contributed by atoms with E-state index >= 15 is 0 Å². The number of aryl methyl sites for hydroxylation is 1. The van der Waals surface area contributed by atoms with Gasteiger partial charge in [-0.05, 0) is 48.9 Å². The van der Waals surface area contributed by atoms with Gasteiger partial charge in [-0.25, -0.2) is 9.97 Å². The Morgan fingerprint density at radius 2 is 1.90 bits per heavy atom. The molecule has 4 nitrogen and oxygen atoms in total. The normalized spacial score (nSPS) is 11.6. The third-order valence-electron chi connectivity index (χ3n) is 4.35. The van der Waals surface area contributed by atoms with Gasteiger partial charge in [0.2, 0.25) is 0 Å². The number of carbonyl (C=O) groups excluding carboxylic acids is 1. The zero-order valence-corrected chi connectivity index (χ0v) is 15.9. The van der Waals surface area contributed by atoms with Crippen LogP contribution in [0.25, 0.3) is 20.9 Å². The Bertz CT molecular complexity index is 1180. The van der Waals surface area contributed by atoms with Crippen LogP contribution in [0, 0.1) is 6.92 Å². The minimum Gasteiger partial charge on any atom is -0.322 e. The maximum Gasteiger partial charge on any atom is 0.416 e. The van der Waals surface area contributed by atoms with Crippen LogP contribution in [0.3, 0.4) is 0 Å². The summed E-state index contributed by atoms with van der Waals surface area (Å²) in [5.41, 5.74) is 1.94. The summed E-state index contributed by atoms with van der Waals surface area (Å²) < 4.78 is 38.7. The van der Waals surface area contributed by atoms with Crippen LogP contribution in [0.2, 0.25) is 0 Å². The molecule has 4 aromatic rings. The van der Waals surface area contributed by atoms with E-state index in [0.717, 1.165) is 38.6 Å². The lowest BCUT2D eigenvalue weighted by Crippen LogP contribution is -2.14. The van der Waals surface area contributed by atoms with Crippen molar-refractivity contribution in [2.24, 2.45) is 0 Å². The topological polar surface area (TPSA) is 54.9 Å². The third kappa shape index (κ3) is 3.97. The summed E-state index contributed by atoms with van der Waals surface area (Å²) in [7, 11) is 0. The van der Waals surface area contributed by atoms with Crippen LogP contribution in [0.1, 0.15) is 21.5 Å². The van der Waals surface area contributed by atoms with E-state index in [1.165, 1.54) is 23.5 Å². The van der Waals surface area contributed by atoms with Gasteiger partial charge in [0.05, 0.1) is 5.56 Å². The van der Waals surface area contributed by atoms with Crippen molar-refractivity contribution in [1.29, 1.82) is 0 Å². The summed E-state index contributed by atoms with van der Waals surface area (Å²) in [4.78, 5) is 22.2. The molecule has 0 saturated carbocycles. The number of aromatic nitrogens is 2. The van der Waals surface area contributed by atoms with Gasteiger partial charge in [0.1, 0.15) is 15.4 Å². The molecule has 0 aliphatic rings. The Kier molecular flexibility index (Phi) is 4.79.